The Labute approximate surface area is 186 Å². The van der Waals surface area contributed by atoms with E-state index in [1.807, 2.05) is 0 Å². The van der Waals surface area contributed by atoms with Crippen LogP contribution in [0.3, 0.4) is 0 Å². The van der Waals surface area contributed by atoms with Crippen molar-refractivity contribution in [2.75, 3.05) is 0 Å². The topological polar surface area (TPSA) is 52.6 Å². The van der Waals surface area contributed by atoms with Gasteiger partial charge in [-0.2, -0.15) is 0 Å². The summed E-state index contributed by atoms with van der Waals surface area (Å²) in [6.07, 6.45) is 13.4. The zero-order valence-electron chi connectivity index (χ0n) is 20.8. The first-order valence-electron chi connectivity index (χ1n) is 12.9. The summed E-state index contributed by atoms with van der Waals surface area (Å²) in [6, 6.07) is 0. The van der Waals surface area contributed by atoms with Crippen molar-refractivity contribution in [3.05, 3.63) is 0 Å². The van der Waals surface area contributed by atoms with Gasteiger partial charge in [0, 0.05) is 12.8 Å². The van der Waals surface area contributed by atoms with Crippen LogP contribution in [0.25, 0.3) is 0 Å². The van der Waals surface area contributed by atoms with Crippen LogP contribution >= 0.6 is 0 Å². The van der Waals surface area contributed by atoms with Gasteiger partial charge in [0.15, 0.2) is 0 Å². The van der Waals surface area contributed by atoms with E-state index in [-0.39, 0.29) is 24.1 Å². The van der Waals surface area contributed by atoms with Gasteiger partial charge in [-0.15, -0.1) is 0 Å². The van der Waals surface area contributed by atoms with Crippen LogP contribution < -0.4 is 0 Å². The van der Waals surface area contributed by atoms with Gasteiger partial charge in [-0.1, -0.05) is 67.2 Å². The second kappa shape index (κ2) is 18.7. The van der Waals surface area contributed by atoms with Gasteiger partial charge in [0.1, 0.15) is 12.2 Å². The third-order valence-corrected chi connectivity index (χ3v) is 6.53. The van der Waals surface area contributed by atoms with Gasteiger partial charge in [-0.05, 0) is 63.2 Å². The second-order valence-corrected chi connectivity index (χ2v) is 8.65. The molecule has 0 fully saturated rings. The summed E-state index contributed by atoms with van der Waals surface area (Å²) in [6.45, 7) is 12.9. The van der Waals surface area contributed by atoms with Crippen LogP contribution in [0, 0.1) is 11.8 Å². The van der Waals surface area contributed by atoms with Crippen LogP contribution in [0.15, 0.2) is 0 Å². The molecule has 0 aliphatic heterocycles. The van der Waals surface area contributed by atoms with Crippen LogP contribution in [0.1, 0.15) is 131 Å². The van der Waals surface area contributed by atoms with Gasteiger partial charge in [0.05, 0.1) is 0 Å². The lowest BCUT2D eigenvalue weighted by atomic mass is 9.94. The highest BCUT2D eigenvalue weighted by molar-refractivity contribution is 5.69. The lowest BCUT2D eigenvalue weighted by molar-refractivity contribution is -0.153. The zero-order valence-corrected chi connectivity index (χ0v) is 20.8. The summed E-state index contributed by atoms with van der Waals surface area (Å²) in [5.41, 5.74) is 0. The van der Waals surface area contributed by atoms with Gasteiger partial charge < -0.3 is 9.47 Å². The highest BCUT2D eigenvalue weighted by atomic mass is 16.5. The number of carbonyl (C=O) groups is 2. The fourth-order valence-electron chi connectivity index (χ4n) is 4.36. The molecule has 0 rings (SSSR count). The van der Waals surface area contributed by atoms with Crippen molar-refractivity contribution in [3.8, 4) is 0 Å². The Morgan fingerprint density at radius 1 is 0.500 bits per heavy atom. The molecule has 4 heteroatoms. The summed E-state index contributed by atoms with van der Waals surface area (Å²) >= 11 is 0. The Kier molecular flexibility index (Phi) is 18.0. The van der Waals surface area contributed by atoms with Crippen LogP contribution in [0.4, 0.5) is 0 Å². The molecule has 0 aromatic carbocycles. The summed E-state index contributed by atoms with van der Waals surface area (Å²) in [5.74, 6) is 0.875. The molecule has 0 aliphatic rings. The van der Waals surface area contributed by atoms with E-state index in [1.54, 1.807) is 0 Å². The summed E-state index contributed by atoms with van der Waals surface area (Å²) in [4.78, 5) is 24.2. The van der Waals surface area contributed by atoms with Gasteiger partial charge in [-0.25, -0.2) is 0 Å². The Balaban J connectivity index is 3.82. The molecule has 0 spiro atoms. The third-order valence-electron chi connectivity index (χ3n) is 6.53. The average Bonchev–Trinajstić information content (AvgIpc) is 2.75. The maximum Gasteiger partial charge on any atom is 0.306 e. The molecule has 2 unspecified atom stereocenters. The van der Waals surface area contributed by atoms with Crippen molar-refractivity contribution in [2.45, 2.75) is 144 Å². The smallest absolute Gasteiger partial charge is 0.306 e. The third kappa shape index (κ3) is 12.6. The maximum absolute atomic E-state index is 12.1. The molecule has 2 atom stereocenters. The van der Waals surface area contributed by atoms with Crippen molar-refractivity contribution in [1.29, 1.82) is 0 Å². The predicted octanol–water partition coefficient (Wildman–Crippen LogP) is 7.62. The number of hydrogen-bond donors (Lipinski definition) is 0. The molecular formula is C26H50O4. The van der Waals surface area contributed by atoms with E-state index in [0.717, 1.165) is 77.0 Å². The predicted molar refractivity (Wildman–Crippen MR) is 125 cm³/mol. The number of hydrogen-bond acceptors (Lipinski definition) is 4. The van der Waals surface area contributed by atoms with E-state index < -0.39 is 0 Å². The second-order valence-electron chi connectivity index (χ2n) is 8.65. The molecule has 0 amide bonds. The lowest BCUT2D eigenvalue weighted by Gasteiger charge is -2.24. The monoisotopic (exact) mass is 426 g/mol. The molecule has 0 aromatic heterocycles. The minimum atomic E-state index is -0.0422. The number of rotatable bonds is 19. The van der Waals surface area contributed by atoms with E-state index >= 15 is 0 Å². The van der Waals surface area contributed by atoms with Crippen LogP contribution in [0.5, 0.6) is 0 Å². The van der Waals surface area contributed by atoms with Crippen molar-refractivity contribution in [1.82, 2.24) is 0 Å². The number of carbonyl (C=O) groups excluding carboxylic acids is 2. The Hall–Kier alpha value is -1.06. The first kappa shape index (κ1) is 28.9. The van der Waals surface area contributed by atoms with Gasteiger partial charge in [-0.3, -0.25) is 9.59 Å². The molecular weight excluding hydrogens is 376 g/mol. The summed E-state index contributed by atoms with van der Waals surface area (Å²) < 4.78 is 11.4. The molecule has 30 heavy (non-hydrogen) atoms. The largest absolute Gasteiger partial charge is 0.462 e. The van der Waals surface area contributed by atoms with E-state index in [2.05, 4.69) is 41.5 Å². The highest BCUT2D eigenvalue weighted by Crippen LogP contribution is 2.21. The van der Waals surface area contributed by atoms with Crippen molar-refractivity contribution in [3.63, 3.8) is 0 Å². The number of unbranched alkanes of at least 4 members (excludes halogenated alkanes) is 5. The molecule has 0 radical (unpaired) electrons. The molecule has 0 N–H and O–H groups in total. The normalized spacial score (nSPS) is 13.5. The standard InChI is InChI=1S/C26H50O4/c1-7-21(8-2)23(11-5)29-25(27)19-17-15-13-14-16-18-20-26(28)30-24(12-6)22(9-3)10-4/h21-24H,7-20H2,1-6H3. The maximum atomic E-state index is 12.1. The van der Waals surface area contributed by atoms with E-state index in [0.29, 0.717) is 24.7 Å². The SMILES string of the molecule is CCC(CC)C(CC)OC(=O)CCCCCCCCC(=O)OC(CC)C(CC)CC. The van der Waals surface area contributed by atoms with E-state index in [1.165, 1.54) is 0 Å². The fourth-order valence-corrected chi connectivity index (χ4v) is 4.36. The minimum Gasteiger partial charge on any atom is -0.462 e. The van der Waals surface area contributed by atoms with Crippen molar-refractivity contribution < 1.29 is 19.1 Å². The molecule has 0 bridgehead atoms. The van der Waals surface area contributed by atoms with Gasteiger partial charge in [0.25, 0.3) is 0 Å². The molecule has 4 nitrogen and oxygen atoms in total. The molecule has 0 saturated carbocycles. The summed E-state index contributed by atoms with van der Waals surface area (Å²) in [7, 11) is 0. The number of esters is 2. The van der Waals surface area contributed by atoms with Crippen LogP contribution in [-0.4, -0.2) is 24.1 Å². The Morgan fingerprint density at radius 2 is 0.800 bits per heavy atom. The van der Waals surface area contributed by atoms with Crippen LogP contribution in [-0.2, 0) is 19.1 Å². The molecule has 0 aliphatic carbocycles. The molecule has 178 valence electrons. The highest BCUT2D eigenvalue weighted by Gasteiger charge is 2.21. The molecule has 0 aromatic rings. The van der Waals surface area contributed by atoms with Crippen LogP contribution in [0.2, 0.25) is 0 Å². The fraction of sp³-hybridized carbons (Fsp3) is 0.923. The van der Waals surface area contributed by atoms with E-state index in [9.17, 15) is 9.59 Å². The average molecular weight is 427 g/mol. The van der Waals surface area contributed by atoms with Crippen molar-refractivity contribution in [2.24, 2.45) is 11.8 Å². The quantitative estimate of drug-likeness (QED) is 0.157. The zero-order chi connectivity index (χ0) is 22.8. The Bertz CT molecular complexity index is 387. The van der Waals surface area contributed by atoms with Crippen molar-refractivity contribution >= 4 is 11.9 Å². The van der Waals surface area contributed by atoms with Gasteiger partial charge in [0.2, 0.25) is 0 Å². The van der Waals surface area contributed by atoms with Gasteiger partial charge >= 0.3 is 11.9 Å². The lowest BCUT2D eigenvalue weighted by Crippen LogP contribution is -2.25. The Morgan fingerprint density at radius 3 is 1.07 bits per heavy atom. The van der Waals surface area contributed by atoms with E-state index in [4.69, 9.17) is 9.47 Å². The summed E-state index contributed by atoms with van der Waals surface area (Å²) in [5, 5.41) is 0. The first-order valence-corrected chi connectivity index (χ1v) is 12.9. The first-order chi connectivity index (χ1) is 14.5. The molecule has 0 heterocycles. The minimum absolute atomic E-state index is 0.0422. The number of ether oxygens (including phenoxy) is 2. The molecule has 0 saturated heterocycles.